The van der Waals surface area contributed by atoms with Crippen molar-refractivity contribution < 1.29 is 0 Å². The van der Waals surface area contributed by atoms with Crippen molar-refractivity contribution in [3.63, 3.8) is 0 Å². The molecule has 0 aromatic heterocycles. The number of rotatable bonds is 5. The first-order valence-corrected chi connectivity index (χ1v) is 12.1. The molecular weight excluding hydrogens is 316 g/mol. The fourth-order valence-electron chi connectivity index (χ4n) is 4.38. The predicted molar refractivity (Wildman–Crippen MR) is 116 cm³/mol. The van der Waals surface area contributed by atoms with Crippen molar-refractivity contribution in [2.24, 2.45) is 11.3 Å². The third-order valence-electron chi connectivity index (χ3n) is 6.19. The first kappa shape index (κ1) is 20.2. The van der Waals surface area contributed by atoms with Gasteiger partial charge in [-0.1, -0.05) is 81.3 Å². The summed E-state index contributed by atoms with van der Waals surface area (Å²) in [5.41, 5.74) is 8.17. The molecule has 0 radical (unpaired) electrons. The number of hydrogen-bond acceptors (Lipinski definition) is 0. The molecule has 0 amide bonds. The highest BCUT2D eigenvalue weighted by molar-refractivity contribution is 6.80. The zero-order valence-corrected chi connectivity index (χ0v) is 19.2. The molecule has 2 atom stereocenters. The molecule has 0 aliphatic heterocycles. The van der Waals surface area contributed by atoms with Gasteiger partial charge in [-0.05, 0) is 67.7 Å². The van der Waals surface area contributed by atoms with E-state index in [1.807, 2.05) is 0 Å². The lowest BCUT2D eigenvalue weighted by molar-refractivity contribution is 0.465. The van der Waals surface area contributed by atoms with Gasteiger partial charge in [0.05, 0.1) is 8.80 Å². The maximum absolute atomic E-state index is 2.54. The Kier molecular flexibility index (Phi) is 6.20. The van der Waals surface area contributed by atoms with Gasteiger partial charge < -0.3 is 0 Å². The topological polar surface area (TPSA) is 0 Å². The van der Waals surface area contributed by atoms with Gasteiger partial charge in [-0.25, -0.2) is 0 Å². The van der Waals surface area contributed by atoms with Crippen molar-refractivity contribution in [3.05, 3.63) is 51.2 Å². The lowest BCUT2D eigenvalue weighted by atomic mass is 10.0. The minimum Gasteiger partial charge on any atom is -0.0690 e. The van der Waals surface area contributed by atoms with E-state index in [4.69, 9.17) is 0 Å². The Labute approximate surface area is 158 Å². The van der Waals surface area contributed by atoms with Gasteiger partial charge in [0, 0.05) is 0 Å². The number of aryl methyl sites for hydroxylation is 2. The maximum atomic E-state index is 2.54. The van der Waals surface area contributed by atoms with E-state index in [-0.39, 0.29) is 0 Å². The summed E-state index contributed by atoms with van der Waals surface area (Å²) in [6, 6.07) is 8.84. The molecule has 1 aromatic rings. The zero-order chi connectivity index (χ0) is 18.9. The molecule has 0 heterocycles. The standard InChI is InChI=1S/C24H38Si/c1-10-20-12-21(11-2)14-22(13-20)25(15-24(7,8)9)23-18(5)16(3)17(4)19(23)6/h12-14,18,25H,10-11,15H2,1-9H3. The van der Waals surface area contributed by atoms with Crippen molar-refractivity contribution >= 4 is 14.0 Å². The van der Waals surface area contributed by atoms with E-state index in [0.717, 1.165) is 12.8 Å². The second-order valence-corrected chi connectivity index (χ2v) is 12.0. The predicted octanol–water partition coefficient (Wildman–Crippen LogP) is 6.13. The minimum absolute atomic E-state index is 0.378. The van der Waals surface area contributed by atoms with Crippen molar-refractivity contribution in [2.45, 2.75) is 81.2 Å². The van der Waals surface area contributed by atoms with Gasteiger partial charge in [-0.2, -0.15) is 0 Å². The molecule has 0 saturated heterocycles. The van der Waals surface area contributed by atoms with Gasteiger partial charge in [0.15, 0.2) is 0 Å². The SMILES string of the molecule is CCc1cc(CC)cc([SiH](CC(C)(C)C)C2=C(C)C(C)=C(C)C2C)c1. The van der Waals surface area contributed by atoms with E-state index in [1.54, 1.807) is 27.1 Å². The van der Waals surface area contributed by atoms with E-state index >= 15 is 0 Å². The summed E-state index contributed by atoms with van der Waals surface area (Å²) in [6.45, 7) is 21.3. The molecule has 0 saturated carbocycles. The molecule has 1 aliphatic carbocycles. The van der Waals surface area contributed by atoms with Crippen molar-refractivity contribution in [2.75, 3.05) is 0 Å². The van der Waals surface area contributed by atoms with E-state index in [0.29, 0.717) is 11.3 Å². The third-order valence-corrected chi connectivity index (χ3v) is 10.6. The molecule has 2 unspecified atom stereocenters. The van der Waals surface area contributed by atoms with Crippen LogP contribution in [0.15, 0.2) is 40.1 Å². The Morgan fingerprint density at radius 3 is 1.76 bits per heavy atom. The summed E-state index contributed by atoms with van der Waals surface area (Å²) in [4.78, 5) is 0. The molecule has 1 aliphatic rings. The molecule has 1 aromatic carbocycles. The summed E-state index contributed by atoms with van der Waals surface area (Å²) in [5.74, 6) is 0.634. The summed E-state index contributed by atoms with van der Waals surface area (Å²) in [6.07, 6.45) is 2.28. The van der Waals surface area contributed by atoms with Crippen LogP contribution in [0, 0.1) is 11.3 Å². The van der Waals surface area contributed by atoms with E-state index in [1.165, 1.54) is 17.2 Å². The Morgan fingerprint density at radius 1 is 0.880 bits per heavy atom. The number of hydrogen-bond donors (Lipinski definition) is 0. The van der Waals surface area contributed by atoms with Gasteiger partial charge in [0.2, 0.25) is 0 Å². The highest BCUT2D eigenvalue weighted by atomic mass is 28.3. The van der Waals surface area contributed by atoms with Gasteiger partial charge in [0.25, 0.3) is 0 Å². The molecule has 0 bridgehead atoms. The van der Waals surface area contributed by atoms with Crippen LogP contribution in [0.25, 0.3) is 0 Å². The van der Waals surface area contributed by atoms with Crippen LogP contribution >= 0.6 is 0 Å². The van der Waals surface area contributed by atoms with Crippen molar-refractivity contribution in [1.82, 2.24) is 0 Å². The molecule has 1 heteroatoms. The van der Waals surface area contributed by atoms with E-state index in [9.17, 15) is 0 Å². The average Bonchev–Trinajstić information content (AvgIpc) is 2.75. The molecule has 0 nitrogen and oxygen atoms in total. The van der Waals surface area contributed by atoms with Crippen LogP contribution in [0.5, 0.6) is 0 Å². The first-order valence-electron chi connectivity index (χ1n) is 10.1. The summed E-state index contributed by atoms with van der Waals surface area (Å²) in [5, 5.41) is 3.48. The molecular formula is C24H38Si. The van der Waals surface area contributed by atoms with E-state index < -0.39 is 8.80 Å². The Bertz CT molecular complexity index is 675. The lowest BCUT2D eigenvalue weighted by Gasteiger charge is -2.30. The minimum atomic E-state index is -1.21. The molecule has 138 valence electrons. The van der Waals surface area contributed by atoms with Gasteiger partial charge in [-0.3, -0.25) is 0 Å². The van der Waals surface area contributed by atoms with Crippen molar-refractivity contribution in [1.29, 1.82) is 0 Å². The smallest absolute Gasteiger partial charge is 0.0690 e. The number of benzene rings is 1. The summed E-state index contributed by atoms with van der Waals surface area (Å²) in [7, 11) is -1.21. The molecule has 0 spiro atoms. The van der Waals surface area contributed by atoms with Crippen LogP contribution < -0.4 is 5.19 Å². The molecule has 2 rings (SSSR count). The monoisotopic (exact) mass is 354 g/mol. The van der Waals surface area contributed by atoms with Gasteiger partial charge >= 0.3 is 0 Å². The fraction of sp³-hybridized carbons (Fsp3) is 0.583. The summed E-state index contributed by atoms with van der Waals surface area (Å²) < 4.78 is 0. The second kappa shape index (κ2) is 7.66. The lowest BCUT2D eigenvalue weighted by Crippen LogP contribution is -2.38. The van der Waals surface area contributed by atoms with Crippen LogP contribution in [0.4, 0.5) is 0 Å². The zero-order valence-electron chi connectivity index (χ0n) is 18.0. The molecule has 25 heavy (non-hydrogen) atoms. The molecule has 0 fully saturated rings. The average molecular weight is 355 g/mol. The highest BCUT2D eigenvalue weighted by Crippen LogP contribution is 2.40. The van der Waals surface area contributed by atoms with Crippen LogP contribution in [0.1, 0.15) is 73.4 Å². The fourth-order valence-corrected chi connectivity index (χ4v) is 8.84. The maximum Gasteiger partial charge on any atom is 0.0992 e. The van der Waals surface area contributed by atoms with Crippen LogP contribution in [0.3, 0.4) is 0 Å². The number of allylic oxidation sites excluding steroid dienone is 4. The van der Waals surface area contributed by atoms with Gasteiger partial charge in [-0.15, -0.1) is 0 Å². The molecule has 0 N–H and O–H groups in total. The highest BCUT2D eigenvalue weighted by Gasteiger charge is 2.34. The van der Waals surface area contributed by atoms with Gasteiger partial charge in [0.1, 0.15) is 0 Å². The Morgan fingerprint density at radius 2 is 1.40 bits per heavy atom. The van der Waals surface area contributed by atoms with Crippen LogP contribution in [-0.2, 0) is 12.8 Å². The first-order chi connectivity index (χ1) is 11.6. The quantitative estimate of drug-likeness (QED) is 0.558. The Hall–Kier alpha value is -1.08. The third kappa shape index (κ3) is 4.37. The van der Waals surface area contributed by atoms with E-state index in [2.05, 4.69) is 80.5 Å². The summed E-state index contributed by atoms with van der Waals surface area (Å²) >= 11 is 0. The second-order valence-electron chi connectivity index (χ2n) is 9.22. The van der Waals surface area contributed by atoms with Crippen molar-refractivity contribution in [3.8, 4) is 0 Å². The van der Waals surface area contributed by atoms with Crippen LogP contribution in [0.2, 0.25) is 6.04 Å². The largest absolute Gasteiger partial charge is 0.0992 e. The normalized spacial score (nSPS) is 19.8. The Balaban J connectivity index is 2.60. The van der Waals surface area contributed by atoms with Crippen LogP contribution in [-0.4, -0.2) is 8.80 Å².